The lowest BCUT2D eigenvalue weighted by atomic mass is 10.1. The van der Waals surface area contributed by atoms with Gasteiger partial charge in [-0.1, -0.05) is 30.3 Å². The number of hydrogen-bond acceptors (Lipinski definition) is 3. The molecule has 0 radical (unpaired) electrons. The standard InChI is InChI=1S/C18H20N2O3/c1-23-16-11-10-14(18(19)22)12-15(16)20-17(21)9-5-8-13-6-3-2-4-7-13/h2-4,6-7,10-12H,5,8-9H2,1H3,(H2,19,22)(H,20,21). The van der Waals surface area contributed by atoms with E-state index < -0.39 is 5.91 Å². The third-order valence-electron chi connectivity index (χ3n) is 3.47. The van der Waals surface area contributed by atoms with Gasteiger partial charge in [-0.05, 0) is 36.6 Å². The van der Waals surface area contributed by atoms with Crippen LogP contribution < -0.4 is 15.8 Å². The lowest BCUT2D eigenvalue weighted by Gasteiger charge is -2.11. The van der Waals surface area contributed by atoms with Gasteiger partial charge in [0.15, 0.2) is 0 Å². The van der Waals surface area contributed by atoms with Crippen LogP contribution in [-0.2, 0) is 11.2 Å². The number of benzene rings is 2. The predicted octanol–water partition coefficient (Wildman–Crippen LogP) is 2.76. The fourth-order valence-electron chi connectivity index (χ4n) is 2.27. The molecule has 0 spiro atoms. The van der Waals surface area contributed by atoms with E-state index in [0.717, 1.165) is 12.8 Å². The molecule has 0 aliphatic heterocycles. The summed E-state index contributed by atoms with van der Waals surface area (Å²) in [5.74, 6) is -0.181. The molecule has 2 amide bonds. The summed E-state index contributed by atoms with van der Waals surface area (Å²) in [6.45, 7) is 0. The molecular formula is C18H20N2O3. The highest BCUT2D eigenvalue weighted by Crippen LogP contribution is 2.25. The van der Waals surface area contributed by atoms with Crippen molar-refractivity contribution in [2.45, 2.75) is 19.3 Å². The molecule has 5 heteroatoms. The summed E-state index contributed by atoms with van der Waals surface area (Å²) in [6.07, 6.45) is 1.97. The highest BCUT2D eigenvalue weighted by Gasteiger charge is 2.10. The number of hydrogen-bond donors (Lipinski definition) is 2. The van der Waals surface area contributed by atoms with Crippen LogP contribution in [0.1, 0.15) is 28.8 Å². The molecule has 23 heavy (non-hydrogen) atoms. The Morgan fingerprint density at radius 3 is 2.52 bits per heavy atom. The fraction of sp³-hybridized carbons (Fsp3) is 0.222. The molecule has 2 aromatic carbocycles. The summed E-state index contributed by atoms with van der Waals surface area (Å²) in [7, 11) is 1.50. The highest BCUT2D eigenvalue weighted by molar-refractivity contribution is 5.97. The van der Waals surface area contributed by atoms with E-state index in [4.69, 9.17) is 10.5 Å². The first-order valence-corrected chi connectivity index (χ1v) is 7.42. The number of rotatable bonds is 7. The van der Waals surface area contributed by atoms with Crippen molar-refractivity contribution in [2.75, 3.05) is 12.4 Å². The first-order chi connectivity index (χ1) is 11.1. The van der Waals surface area contributed by atoms with E-state index in [1.165, 1.54) is 18.7 Å². The normalized spacial score (nSPS) is 10.1. The highest BCUT2D eigenvalue weighted by atomic mass is 16.5. The van der Waals surface area contributed by atoms with Gasteiger partial charge in [0.2, 0.25) is 11.8 Å². The first kappa shape index (κ1) is 16.5. The second-order valence-electron chi connectivity index (χ2n) is 5.17. The molecule has 3 N–H and O–H groups in total. The van der Waals surface area contributed by atoms with Gasteiger partial charge in [-0.15, -0.1) is 0 Å². The molecule has 0 heterocycles. The van der Waals surface area contributed by atoms with E-state index in [2.05, 4.69) is 5.32 Å². The molecule has 120 valence electrons. The van der Waals surface area contributed by atoms with Gasteiger partial charge in [-0.25, -0.2) is 0 Å². The smallest absolute Gasteiger partial charge is 0.248 e. The number of aryl methyl sites for hydroxylation is 1. The molecule has 0 saturated heterocycles. The van der Waals surface area contributed by atoms with Crippen molar-refractivity contribution in [3.63, 3.8) is 0 Å². The quantitative estimate of drug-likeness (QED) is 0.825. The average molecular weight is 312 g/mol. The predicted molar refractivity (Wildman–Crippen MR) is 89.5 cm³/mol. The van der Waals surface area contributed by atoms with E-state index in [0.29, 0.717) is 23.4 Å². The van der Waals surface area contributed by atoms with Crippen LogP contribution in [0.3, 0.4) is 0 Å². The second-order valence-corrected chi connectivity index (χ2v) is 5.17. The maximum absolute atomic E-state index is 12.1. The molecule has 5 nitrogen and oxygen atoms in total. The monoisotopic (exact) mass is 312 g/mol. The fourth-order valence-corrected chi connectivity index (χ4v) is 2.27. The van der Waals surface area contributed by atoms with E-state index in [9.17, 15) is 9.59 Å². The Balaban J connectivity index is 1.94. The molecular weight excluding hydrogens is 292 g/mol. The van der Waals surface area contributed by atoms with Crippen molar-refractivity contribution in [2.24, 2.45) is 5.73 Å². The minimum absolute atomic E-state index is 0.124. The van der Waals surface area contributed by atoms with Crippen LogP contribution in [0, 0.1) is 0 Å². The van der Waals surface area contributed by atoms with Crippen molar-refractivity contribution < 1.29 is 14.3 Å². The molecule has 0 unspecified atom stereocenters. The van der Waals surface area contributed by atoms with Gasteiger partial charge in [-0.2, -0.15) is 0 Å². The summed E-state index contributed by atoms with van der Waals surface area (Å²) >= 11 is 0. The number of nitrogens with one attached hydrogen (secondary N) is 1. The minimum atomic E-state index is -0.549. The summed E-state index contributed by atoms with van der Waals surface area (Å²) < 4.78 is 5.19. The number of methoxy groups -OCH3 is 1. The molecule has 0 saturated carbocycles. The van der Waals surface area contributed by atoms with E-state index in [1.54, 1.807) is 12.1 Å². The van der Waals surface area contributed by atoms with Gasteiger partial charge >= 0.3 is 0 Å². The maximum atomic E-state index is 12.1. The summed E-state index contributed by atoms with van der Waals surface area (Å²) in [4.78, 5) is 23.3. The van der Waals surface area contributed by atoms with Crippen LogP contribution in [0.25, 0.3) is 0 Å². The van der Waals surface area contributed by atoms with Crippen LogP contribution in [-0.4, -0.2) is 18.9 Å². The Kier molecular flexibility index (Phi) is 5.74. The number of nitrogens with two attached hydrogens (primary N) is 1. The van der Waals surface area contributed by atoms with Crippen molar-refractivity contribution in [1.82, 2.24) is 0 Å². The van der Waals surface area contributed by atoms with Crippen LogP contribution in [0.4, 0.5) is 5.69 Å². The van der Waals surface area contributed by atoms with Gasteiger partial charge in [0, 0.05) is 12.0 Å². The Labute approximate surface area is 135 Å². The van der Waals surface area contributed by atoms with Crippen LogP contribution in [0.15, 0.2) is 48.5 Å². The van der Waals surface area contributed by atoms with Crippen molar-refractivity contribution in [3.05, 3.63) is 59.7 Å². The first-order valence-electron chi connectivity index (χ1n) is 7.42. The van der Waals surface area contributed by atoms with Crippen LogP contribution in [0.2, 0.25) is 0 Å². The SMILES string of the molecule is COc1ccc(C(N)=O)cc1NC(=O)CCCc1ccccc1. The van der Waals surface area contributed by atoms with E-state index in [-0.39, 0.29) is 5.91 Å². The maximum Gasteiger partial charge on any atom is 0.248 e. The summed E-state index contributed by atoms with van der Waals surface area (Å²) in [5.41, 5.74) is 7.24. The number of anilines is 1. The van der Waals surface area contributed by atoms with Crippen molar-refractivity contribution in [3.8, 4) is 5.75 Å². The molecule has 2 rings (SSSR count). The molecule has 0 bridgehead atoms. The molecule has 0 aromatic heterocycles. The van der Waals surface area contributed by atoms with Gasteiger partial charge < -0.3 is 15.8 Å². The van der Waals surface area contributed by atoms with Gasteiger partial charge in [0.25, 0.3) is 0 Å². The lowest BCUT2D eigenvalue weighted by Crippen LogP contribution is -2.15. The minimum Gasteiger partial charge on any atom is -0.495 e. The average Bonchev–Trinajstić information content (AvgIpc) is 2.55. The van der Waals surface area contributed by atoms with Gasteiger partial charge in [0.1, 0.15) is 5.75 Å². The molecule has 0 fully saturated rings. The zero-order chi connectivity index (χ0) is 16.7. The van der Waals surface area contributed by atoms with E-state index >= 15 is 0 Å². The zero-order valence-corrected chi connectivity index (χ0v) is 13.0. The van der Waals surface area contributed by atoms with E-state index in [1.807, 2.05) is 30.3 Å². The number of amides is 2. The molecule has 2 aromatic rings. The molecule has 0 aliphatic carbocycles. The number of primary amides is 1. The Morgan fingerprint density at radius 2 is 1.87 bits per heavy atom. The van der Waals surface area contributed by atoms with Gasteiger partial charge in [-0.3, -0.25) is 9.59 Å². The van der Waals surface area contributed by atoms with Crippen molar-refractivity contribution in [1.29, 1.82) is 0 Å². The topological polar surface area (TPSA) is 81.4 Å². The Bertz CT molecular complexity index is 684. The largest absolute Gasteiger partial charge is 0.495 e. The summed E-state index contributed by atoms with van der Waals surface area (Å²) in [6, 6.07) is 14.7. The third kappa shape index (κ3) is 4.85. The van der Waals surface area contributed by atoms with Crippen LogP contribution >= 0.6 is 0 Å². The van der Waals surface area contributed by atoms with Crippen LogP contribution in [0.5, 0.6) is 5.75 Å². The molecule has 0 atom stereocenters. The number of carbonyl (C=O) groups excluding carboxylic acids is 2. The number of ether oxygens (including phenoxy) is 1. The number of carbonyl (C=O) groups is 2. The third-order valence-corrected chi connectivity index (χ3v) is 3.47. The van der Waals surface area contributed by atoms with Crippen molar-refractivity contribution >= 4 is 17.5 Å². The summed E-state index contributed by atoms with van der Waals surface area (Å²) in [5, 5.41) is 2.77. The Morgan fingerprint density at radius 1 is 1.13 bits per heavy atom. The second kappa shape index (κ2) is 7.98. The molecule has 0 aliphatic rings. The van der Waals surface area contributed by atoms with Gasteiger partial charge in [0.05, 0.1) is 12.8 Å². The zero-order valence-electron chi connectivity index (χ0n) is 13.0. The lowest BCUT2D eigenvalue weighted by molar-refractivity contribution is -0.116. The Hall–Kier alpha value is -2.82.